The standard InChI is InChI=1S/C12H10N4/c13-12-14-8-11-10(15-12)6-7-16(11)9-4-2-1-3-5-9/h1-8H,(H2,13,14,15). The van der Waals surface area contributed by atoms with Crippen molar-refractivity contribution in [2.24, 2.45) is 0 Å². The molecule has 3 rings (SSSR count). The molecule has 0 aliphatic rings. The van der Waals surface area contributed by atoms with Gasteiger partial charge in [0.05, 0.1) is 17.2 Å². The number of hydrogen-bond acceptors (Lipinski definition) is 3. The van der Waals surface area contributed by atoms with E-state index in [1.807, 2.05) is 47.2 Å². The lowest BCUT2D eigenvalue weighted by atomic mass is 10.3. The topological polar surface area (TPSA) is 56.7 Å². The van der Waals surface area contributed by atoms with E-state index in [1.54, 1.807) is 6.20 Å². The molecule has 1 aromatic carbocycles. The predicted octanol–water partition coefficient (Wildman–Crippen LogP) is 2.00. The van der Waals surface area contributed by atoms with E-state index in [4.69, 9.17) is 5.73 Å². The maximum Gasteiger partial charge on any atom is 0.220 e. The minimum Gasteiger partial charge on any atom is -0.368 e. The number of hydrogen-bond donors (Lipinski definition) is 1. The van der Waals surface area contributed by atoms with Crippen LogP contribution >= 0.6 is 0 Å². The van der Waals surface area contributed by atoms with Crippen molar-refractivity contribution in [2.45, 2.75) is 0 Å². The van der Waals surface area contributed by atoms with E-state index in [2.05, 4.69) is 9.97 Å². The summed E-state index contributed by atoms with van der Waals surface area (Å²) in [5, 5.41) is 0. The second-order valence-electron chi connectivity index (χ2n) is 3.52. The average molecular weight is 210 g/mol. The molecule has 3 aromatic rings. The van der Waals surface area contributed by atoms with Gasteiger partial charge in [0.25, 0.3) is 0 Å². The van der Waals surface area contributed by atoms with E-state index < -0.39 is 0 Å². The summed E-state index contributed by atoms with van der Waals surface area (Å²) in [6.45, 7) is 0. The van der Waals surface area contributed by atoms with E-state index >= 15 is 0 Å². The van der Waals surface area contributed by atoms with Gasteiger partial charge in [-0.05, 0) is 18.2 Å². The Labute approximate surface area is 92.4 Å². The van der Waals surface area contributed by atoms with Crippen LogP contribution in [0.5, 0.6) is 0 Å². The molecule has 0 fully saturated rings. The minimum atomic E-state index is 0.304. The molecule has 0 atom stereocenters. The van der Waals surface area contributed by atoms with Crippen LogP contribution in [0.15, 0.2) is 48.8 Å². The molecule has 0 amide bonds. The van der Waals surface area contributed by atoms with Crippen LogP contribution in [0.25, 0.3) is 16.7 Å². The summed E-state index contributed by atoms with van der Waals surface area (Å²) in [5.74, 6) is 0.304. The van der Waals surface area contributed by atoms with Gasteiger partial charge in [-0.15, -0.1) is 0 Å². The van der Waals surface area contributed by atoms with Crippen molar-refractivity contribution >= 4 is 17.0 Å². The maximum atomic E-state index is 5.54. The third kappa shape index (κ3) is 1.32. The first kappa shape index (κ1) is 8.91. The predicted molar refractivity (Wildman–Crippen MR) is 63.3 cm³/mol. The zero-order valence-electron chi connectivity index (χ0n) is 8.54. The van der Waals surface area contributed by atoms with Crippen molar-refractivity contribution in [3.8, 4) is 5.69 Å². The molecule has 2 N–H and O–H groups in total. The fourth-order valence-corrected chi connectivity index (χ4v) is 1.75. The van der Waals surface area contributed by atoms with E-state index in [0.29, 0.717) is 5.95 Å². The number of aromatic nitrogens is 3. The number of anilines is 1. The van der Waals surface area contributed by atoms with E-state index in [9.17, 15) is 0 Å². The highest BCUT2D eigenvalue weighted by Gasteiger charge is 2.04. The smallest absolute Gasteiger partial charge is 0.220 e. The lowest BCUT2D eigenvalue weighted by Crippen LogP contribution is -1.96. The molecule has 2 heterocycles. The van der Waals surface area contributed by atoms with Crippen LogP contribution in [0, 0.1) is 0 Å². The number of benzene rings is 1. The summed E-state index contributed by atoms with van der Waals surface area (Å²) >= 11 is 0. The Kier molecular flexibility index (Phi) is 1.86. The average Bonchev–Trinajstić information content (AvgIpc) is 2.73. The van der Waals surface area contributed by atoms with Crippen LogP contribution in [0.1, 0.15) is 0 Å². The van der Waals surface area contributed by atoms with Gasteiger partial charge in [-0.1, -0.05) is 18.2 Å². The number of nitrogens with zero attached hydrogens (tertiary/aromatic N) is 3. The fraction of sp³-hybridized carbons (Fsp3) is 0. The Morgan fingerprint density at radius 3 is 2.69 bits per heavy atom. The number of fused-ring (bicyclic) bond motifs is 1. The van der Waals surface area contributed by atoms with Crippen LogP contribution in [0.4, 0.5) is 5.95 Å². The second-order valence-corrected chi connectivity index (χ2v) is 3.52. The number of nitrogens with two attached hydrogens (primary N) is 1. The van der Waals surface area contributed by atoms with Gasteiger partial charge in [0.1, 0.15) is 0 Å². The quantitative estimate of drug-likeness (QED) is 0.668. The summed E-state index contributed by atoms with van der Waals surface area (Å²) < 4.78 is 2.04. The minimum absolute atomic E-state index is 0.304. The molecule has 16 heavy (non-hydrogen) atoms. The first-order valence-electron chi connectivity index (χ1n) is 4.99. The molecule has 78 valence electrons. The fourth-order valence-electron chi connectivity index (χ4n) is 1.75. The molecular weight excluding hydrogens is 200 g/mol. The molecule has 4 heteroatoms. The summed E-state index contributed by atoms with van der Waals surface area (Å²) in [4.78, 5) is 8.18. The Morgan fingerprint density at radius 1 is 1.06 bits per heavy atom. The Bertz CT molecular complexity index is 628. The largest absolute Gasteiger partial charge is 0.368 e. The molecule has 0 unspecified atom stereocenters. The molecule has 0 saturated heterocycles. The zero-order valence-corrected chi connectivity index (χ0v) is 8.54. The van der Waals surface area contributed by atoms with Gasteiger partial charge in [0.15, 0.2) is 0 Å². The van der Waals surface area contributed by atoms with Crippen LogP contribution in [0.2, 0.25) is 0 Å². The first-order chi connectivity index (χ1) is 7.84. The normalized spacial score (nSPS) is 10.8. The number of rotatable bonds is 1. The summed E-state index contributed by atoms with van der Waals surface area (Å²) in [6, 6.07) is 12.0. The third-order valence-electron chi connectivity index (χ3n) is 2.49. The maximum absolute atomic E-state index is 5.54. The molecular formula is C12H10N4. The summed E-state index contributed by atoms with van der Waals surface area (Å²) in [7, 11) is 0. The van der Waals surface area contributed by atoms with Crippen molar-refractivity contribution in [1.29, 1.82) is 0 Å². The zero-order chi connectivity index (χ0) is 11.0. The van der Waals surface area contributed by atoms with Crippen molar-refractivity contribution in [3.63, 3.8) is 0 Å². The highest BCUT2D eigenvalue weighted by Crippen LogP contribution is 2.18. The van der Waals surface area contributed by atoms with Gasteiger partial charge in [-0.25, -0.2) is 9.97 Å². The van der Waals surface area contributed by atoms with Gasteiger partial charge < -0.3 is 10.3 Å². The van der Waals surface area contributed by atoms with E-state index in [-0.39, 0.29) is 0 Å². The molecule has 0 aliphatic heterocycles. The number of nitrogen functional groups attached to an aromatic ring is 1. The Balaban J connectivity index is 2.26. The lowest BCUT2D eigenvalue weighted by Gasteiger charge is -2.03. The second kappa shape index (κ2) is 3.34. The van der Waals surface area contributed by atoms with Crippen molar-refractivity contribution in [2.75, 3.05) is 5.73 Å². The van der Waals surface area contributed by atoms with Gasteiger partial charge in [-0.3, -0.25) is 0 Å². The molecule has 0 radical (unpaired) electrons. The van der Waals surface area contributed by atoms with Crippen LogP contribution in [-0.4, -0.2) is 14.5 Å². The van der Waals surface area contributed by atoms with Crippen molar-refractivity contribution < 1.29 is 0 Å². The van der Waals surface area contributed by atoms with Crippen molar-refractivity contribution in [3.05, 3.63) is 48.8 Å². The molecule has 0 aliphatic carbocycles. The monoisotopic (exact) mass is 210 g/mol. The molecule has 0 bridgehead atoms. The lowest BCUT2D eigenvalue weighted by molar-refractivity contribution is 1.11. The van der Waals surface area contributed by atoms with Crippen molar-refractivity contribution in [1.82, 2.24) is 14.5 Å². The van der Waals surface area contributed by atoms with Gasteiger partial charge in [0.2, 0.25) is 5.95 Å². The molecule has 4 nitrogen and oxygen atoms in total. The highest BCUT2D eigenvalue weighted by molar-refractivity contribution is 5.77. The van der Waals surface area contributed by atoms with Crippen LogP contribution < -0.4 is 5.73 Å². The van der Waals surface area contributed by atoms with Gasteiger partial charge in [-0.2, -0.15) is 0 Å². The van der Waals surface area contributed by atoms with E-state index in [1.165, 1.54) is 0 Å². The summed E-state index contributed by atoms with van der Waals surface area (Å²) in [5.41, 5.74) is 8.45. The Hall–Kier alpha value is -2.36. The summed E-state index contributed by atoms with van der Waals surface area (Å²) in [6.07, 6.45) is 3.71. The Morgan fingerprint density at radius 2 is 1.88 bits per heavy atom. The molecule has 0 saturated carbocycles. The molecule has 0 spiro atoms. The van der Waals surface area contributed by atoms with Crippen LogP contribution in [0.3, 0.4) is 0 Å². The van der Waals surface area contributed by atoms with Crippen LogP contribution in [-0.2, 0) is 0 Å². The number of para-hydroxylation sites is 1. The van der Waals surface area contributed by atoms with Gasteiger partial charge in [0, 0.05) is 11.9 Å². The van der Waals surface area contributed by atoms with E-state index in [0.717, 1.165) is 16.7 Å². The SMILES string of the molecule is Nc1ncc2c(ccn2-c2ccccc2)n1. The first-order valence-corrected chi connectivity index (χ1v) is 4.99. The van der Waals surface area contributed by atoms with Gasteiger partial charge >= 0.3 is 0 Å². The highest BCUT2D eigenvalue weighted by atomic mass is 15.0. The molecule has 2 aromatic heterocycles. The third-order valence-corrected chi connectivity index (χ3v) is 2.49.